The van der Waals surface area contributed by atoms with Crippen LogP contribution in [-0.2, 0) is 11.3 Å². The van der Waals surface area contributed by atoms with E-state index < -0.39 is 5.97 Å². The van der Waals surface area contributed by atoms with Gasteiger partial charge >= 0.3 is 18.0 Å². The SMILES string of the molecule is COC(=O)c1cccc(NC(=O)N2CCC(N3CCN(Cc4ccc(F)cc4)C3=O)CC2)c1. The second kappa shape index (κ2) is 9.89. The molecule has 0 radical (unpaired) electrons. The Balaban J connectivity index is 1.28. The topological polar surface area (TPSA) is 82.2 Å². The van der Waals surface area contributed by atoms with E-state index in [4.69, 9.17) is 4.74 Å². The fourth-order valence-corrected chi connectivity index (χ4v) is 4.32. The molecule has 1 N–H and O–H groups in total. The average molecular weight is 455 g/mol. The first-order valence-corrected chi connectivity index (χ1v) is 11.0. The van der Waals surface area contributed by atoms with Gasteiger partial charge in [0.1, 0.15) is 5.82 Å². The molecule has 9 heteroatoms. The van der Waals surface area contributed by atoms with Crippen molar-refractivity contribution in [1.29, 1.82) is 0 Å². The van der Waals surface area contributed by atoms with Gasteiger partial charge in [0.05, 0.1) is 12.7 Å². The molecule has 2 aliphatic rings. The van der Waals surface area contributed by atoms with Gasteiger partial charge in [0, 0.05) is 44.5 Å². The summed E-state index contributed by atoms with van der Waals surface area (Å²) in [5.74, 6) is -0.754. The number of halogens is 1. The molecule has 4 amide bonds. The highest BCUT2D eigenvalue weighted by atomic mass is 19.1. The number of ether oxygens (including phenoxy) is 1. The summed E-state index contributed by atoms with van der Waals surface area (Å²) in [6.45, 7) is 2.82. The highest BCUT2D eigenvalue weighted by molar-refractivity contribution is 5.94. The Kier molecular flexibility index (Phi) is 6.76. The Bertz CT molecular complexity index is 1020. The molecule has 0 unspecified atom stereocenters. The van der Waals surface area contributed by atoms with Crippen LogP contribution in [0.4, 0.5) is 19.7 Å². The maximum atomic E-state index is 13.1. The quantitative estimate of drug-likeness (QED) is 0.701. The first-order valence-electron chi connectivity index (χ1n) is 11.0. The van der Waals surface area contributed by atoms with E-state index in [-0.39, 0.29) is 23.9 Å². The van der Waals surface area contributed by atoms with E-state index in [1.807, 2.05) is 4.90 Å². The molecule has 2 aromatic rings. The maximum absolute atomic E-state index is 13.1. The molecule has 0 spiro atoms. The lowest BCUT2D eigenvalue weighted by Gasteiger charge is -2.36. The van der Waals surface area contributed by atoms with Crippen molar-refractivity contribution in [3.8, 4) is 0 Å². The Labute approximate surface area is 191 Å². The fraction of sp³-hybridized carbons (Fsp3) is 0.375. The molecule has 4 rings (SSSR count). The number of methoxy groups -OCH3 is 1. The van der Waals surface area contributed by atoms with E-state index in [1.165, 1.54) is 19.2 Å². The fourth-order valence-electron chi connectivity index (χ4n) is 4.32. The van der Waals surface area contributed by atoms with Crippen LogP contribution in [0.5, 0.6) is 0 Å². The first-order chi connectivity index (χ1) is 15.9. The molecule has 8 nitrogen and oxygen atoms in total. The van der Waals surface area contributed by atoms with Gasteiger partial charge in [0.2, 0.25) is 0 Å². The van der Waals surface area contributed by atoms with Crippen LogP contribution in [0.3, 0.4) is 0 Å². The Morgan fingerprint density at radius 3 is 2.48 bits per heavy atom. The van der Waals surface area contributed by atoms with E-state index >= 15 is 0 Å². The van der Waals surface area contributed by atoms with Crippen molar-refractivity contribution in [2.24, 2.45) is 0 Å². The lowest BCUT2D eigenvalue weighted by molar-refractivity contribution is 0.0600. The van der Waals surface area contributed by atoms with E-state index in [2.05, 4.69) is 5.32 Å². The van der Waals surface area contributed by atoms with Crippen molar-refractivity contribution in [3.05, 3.63) is 65.5 Å². The molecular weight excluding hydrogens is 427 g/mol. The zero-order chi connectivity index (χ0) is 23.4. The van der Waals surface area contributed by atoms with Crippen molar-refractivity contribution in [2.45, 2.75) is 25.4 Å². The maximum Gasteiger partial charge on any atom is 0.337 e. The lowest BCUT2D eigenvalue weighted by atomic mass is 10.0. The predicted molar refractivity (Wildman–Crippen MR) is 120 cm³/mol. The van der Waals surface area contributed by atoms with Gasteiger partial charge in [0.25, 0.3) is 0 Å². The number of nitrogens with zero attached hydrogens (tertiary/aromatic N) is 3. The number of carbonyl (C=O) groups is 3. The van der Waals surface area contributed by atoms with Gasteiger partial charge in [-0.3, -0.25) is 0 Å². The van der Waals surface area contributed by atoms with Crippen LogP contribution in [0.2, 0.25) is 0 Å². The molecule has 0 bridgehead atoms. The van der Waals surface area contributed by atoms with Crippen LogP contribution < -0.4 is 5.32 Å². The molecule has 33 heavy (non-hydrogen) atoms. The number of rotatable bonds is 5. The number of esters is 1. The average Bonchev–Trinajstić information content (AvgIpc) is 3.20. The molecule has 2 saturated heterocycles. The molecule has 2 fully saturated rings. The van der Waals surface area contributed by atoms with E-state index in [0.717, 1.165) is 5.56 Å². The summed E-state index contributed by atoms with van der Waals surface area (Å²) < 4.78 is 17.8. The van der Waals surface area contributed by atoms with Crippen LogP contribution in [0.15, 0.2) is 48.5 Å². The summed E-state index contributed by atoms with van der Waals surface area (Å²) in [5, 5.41) is 2.83. The molecule has 2 aliphatic heterocycles. The van der Waals surface area contributed by atoms with Crippen molar-refractivity contribution in [2.75, 3.05) is 38.6 Å². The minimum Gasteiger partial charge on any atom is -0.465 e. The van der Waals surface area contributed by atoms with Gasteiger partial charge in [-0.2, -0.15) is 0 Å². The van der Waals surface area contributed by atoms with Gasteiger partial charge in [0.15, 0.2) is 0 Å². The van der Waals surface area contributed by atoms with Crippen LogP contribution >= 0.6 is 0 Å². The van der Waals surface area contributed by atoms with E-state index in [0.29, 0.717) is 56.8 Å². The first kappa shape index (κ1) is 22.6. The highest BCUT2D eigenvalue weighted by Gasteiger charge is 2.36. The molecule has 2 heterocycles. The lowest BCUT2D eigenvalue weighted by Crippen LogP contribution is -2.49. The number of benzene rings is 2. The Hall–Kier alpha value is -3.62. The van der Waals surface area contributed by atoms with Gasteiger partial charge in [-0.1, -0.05) is 18.2 Å². The summed E-state index contributed by atoms with van der Waals surface area (Å²) in [4.78, 5) is 42.6. The summed E-state index contributed by atoms with van der Waals surface area (Å²) >= 11 is 0. The van der Waals surface area contributed by atoms with Gasteiger partial charge in [-0.25, -0.2) is 18.8 Å². The number of piperidine rings is 1. The van der Waals surface area contributed by atoms with Crippen molar-refractivity contribution < 1.29 is 23.5 Å². The normalized spacial score (nSPS) is 16.8. The van der Waals surface area contributed by atoms with Crippen LogP contribution in [0.25, 0.3) is 0 Å². The number of hydrogen-bond acceptors (Lipinski definition) is 4. The second-order valence-electron chi connectivity index (χ2n) is 8.24. The molecule has 2 aromatic carbocycles. The number of carbonyl (C=O) groups excluding carboxylic acids is 3. The van der Waals surface area contributed by atoms with Crippen LogP contribution in [0.1, 0.15) is 28.8 Å². The monoisotopic (exact) mass is 454 g/mol. The van der Waals surface area contributed by atoms with Gasteiger partial charge in [-0.15, -0.1) is 0 Å². The number of urea groups is 2. The number of hydrogen-bond donors (Lipinski definition) is 1. The smallest absolute Gasteiger partial charge is 0.337 e. The number of amides is 4. The molecule has 0 aromatic heterocycles. The molecular formula is C24H27FN4O4. The summed E-state index contributed by atoms with van der Waals surface area (Å²) in [6, 6.07) is 12.6. The molecule has 0 saturated carbocycles. The minimum absolute atomic E-state index is 0.0122. The standard InChI is InChI=1S/C24H27FN4O4/c1-33-22(30)18-3-2-4-20(15-18)26-23(31)27-11-9-21(10-12-27)29-14-13-28(24(29)32)16-17-5-7-19(25)8-6-17/h2-8,15,21H,9-14,16H2,1H3,(H,26,31). The summed E-state index contributed by atoms with van der Waals surface area (Å²) in [7, 11) is 1.31. The second-order valence-corrected chi connectivity index (χ2v) is 8.24. The van der Waals surface area contributed by atoms with Crippen molar-refractivity contribution in [1.82, 2.24) is 14.7 Å². The van der Waals surface area contributed by atoms with Crippen molar-refractivity contribution >= 4 is 23.7 Å². The Morgan fingerprint density at radius 1 is 1.06 bits per heavy atom. The zero-order valence-corrected chi connectivity index (χ0v) is 18.5. The van der Waals surface area contributed by atoms with Crippen LogP contribution in [0, 0.1) is 5.82 Å². The third-order valence-electron chi connectivity index (χ3n) is 6.14. The molecule has 0 atom stereocenters. The number of likely N-dealkylation sites (tertiary alicyclic amines) is 1. The summed E-state index contributed by atoms with van der Waals surface area (Å²) in [6.07, 6.45) is 1.40. The molecule has 0 aliphatic carbocycles. The highest BCUT2D eigenvalue weighted by Crippen LogP contribution is 2.23. The van der Waals surface area contributed by atoms with Gasteiger partial charge in [-0.05, 0) is 48.7 Å². The van der Waals surface area contributed by atoms with Crippen LogP contribution in [-0.4, -0.2) is 72.1 Å². The van der Waals surface area contributed by atoms with Crippen molar-refractivity contribution in [3.63, 3.8) is 0 Å². The third-order valence-corrected chi connectivity index (χ3v) is 6.14. The van der Waals surface area contributed by atoms with E-state index in [9.17, 15) is 18.8 Å². The largest absolute Gasteiger partial charge is 0.465 e. The zero-order valence-electron chi connectivity index (χ0n) is 18.5. The number of anilines is 1. The molecule has 174 valence electrons. The predicted octanol–water partition coefficient (Wildman–Crippen LogP) is 3.55. The summed E-state index contributed by atoms with van der Waals surface area (Å²) in [5.41, 5.74) is 1.79. The number of nitrogens with one attached hydrogen (secondary N) is 1. The third kappa shape index (κ3) is 5.24. The van der Waals surface area contributed by atoms with E-state index in [1.54, 1.807) is 46.2 Å². The van der Waals surface area contributed by atoms with Gasteiger partial charge < -0.3 is 24.8 Å². The Morgan fingerprint density at radius 2 is 1.79 bits per heavy atom. The minimum atomic E-state index is -0.462.